The second-order valence-electron chi connectivity index (χ2n) is 14.2. The first-order valence-corrected chi connectivity index (χ1v) is 18.0. The summed E-state index contributed by atoms with van der Waals surface area (Å²) < 4.78 is 13.5. The van der Waals surface area contributed by atoms with Crippen LogP contribution in [-0.4, -0.2) is 9.97 Å². The topological polar surface area (TPSA) is 44.2 Å². The molecule has 4 nitrogen and oxygen atoms in total. The molecule has 53 heavy (non-hydrogen) atoms. The monoisotopic (exact) mass is 682 g/mol. The van der Waals surface area contributed by atoms with E-state index < -0.39 is 0 Å². The average molecular weight is 683 g/mol. The van der Waals surface area contributed by atoms with Crippen LogP contribution in [0, 0.1) is 0 Å². The molecule has 0 N–H and O–H groups in total. The van der Waals surface area contributed by atoms with Crippen molar-refractivity contribution in [2.24, 2.45) is 0 Å². The van der Waals surface area contributed by atoms with Crippen LogP contribution in [0.3, 0.4) is 0 Å². The lowest BCUT2D eigenvalue weighted by atomic mass is 9.82. The maximum absolute atomic E-state index is 6.77. The molecule has 0 unspecified atom stereocenters. The SMILES string of the molecule is CC1(C)c2ccccc2-c2c1ccc1c2Oc2cccc(-c3cccc(-c4cc(-c5ccccc5)nc(-c5ccc(-c6ccccc6)cc5)n4)c3)c2O1. The van der Waals surface area contributed by atoms with E-state index in [1.165, 1.54) is 22.3 Å². The van der Waals surface area contributed by atoms with E-state index in [0.717, 1.165) is 61.8 Å². The molecule has 0 saturated heterocycles. The standard InChI is InChI=1S/C49H34N2O2/c1-49(2)39-21-10-9-19-38(39)45-40(49)27-28-44-47(45)53-43-22-12-20-37(46(43)52-44)35-17-11-18-36(29-35)42-30-41(33-15-7-4-8-16-33)50-48(51-42)34-25-23-32(24-26-34)31-13-5-3-6-14-31/h3-30H,1-2H3. The molecule has 7 aromatic carbocycles. The number of para-hydroxylation sites is 1. The van der Waals surface area contributed by atoms with Gasteiger partial charge in [0.05, 0.1) is 11.4 Å². The Morgan fingerprint density at radius 1 is 0.396 bits per heavy atom. The van der Waals surface area contributed by atoms with Crippen molar-refractivity contribution in [1.82, 2.24) is 9.97 Å². The van der Waals surface area contributed by atoms with E-state index in [9.17, 15) is 0 Å². The maximum atomic E-state index is 6.77. The van der Waals surface area contributed by atoms with Crippen molar-refractivity contribution in [1.29, 1.82) is 0 Å². The van der Waals surface area contributed by atoms with Crippen LogP contribution < -0.4 is 9.47 Å². The summed E-state index contributed by atoms with van der Waals surface area (Å²) in [6.07, 6.45) is 0. The van der Waals surface area contributed by atoms with Crippen LogP contribution in [0.25, 0.3) is 67.3 Å². The summed E-state index contributed by atoms with van der Waals surface area (Å²) >= 11 is 0. The first kappa shape index (κ1) is 31.0. The Labute approximate surface area is 309 Å². The molecule has 8 aromatic rings. The van der Waals surface area contributed by atoms with Gasteiger partial charge < -0.3 is 9.47 Å². The van der Waals surface area contributed by atoms with Crippen LogP contribution in [0.1, 0.15) is 25.0 Å². The van der Waals surface area contributed by atoms with E-state index in [1.54, 1.807) is 0 Å². The van der Waals surface area contributed by atoms with Crippen LogP contribution in [0.15, 0.2) is 170 Å². The number of rotatable bonds is 5. The highest BCUT2D eigenvalue weighted by atomic mass is 16.6. The van der Waals surface area contributed by atoms with Gasteiger partial charge in [0.25, 0.3) is 0 Å². The van der Waals surface area contributed by atoms with Crippen LogP contribution in [-0.2, 0) is 5.41 Å². The van der Waals surface area contributed by atoms with Gasteiger partial charge in [-0.3, -0.25) is 0 Å². The van der Waals surface area contributed by atoms with Gasteiger partial charge in [-0.15, -0.1) is 0 Å². The summed E-state index contributed by atoms with van der Waals surface area (Å²) in [5, 5.41) is 0. The molecule has 2 heterocycles. The molecule has 10 rings (SSSR count). The lowest BCUT2D eigenvalue weighted by molar-refractivity contribution is 0.361. The molecule has 0 atom stereocenters. The van der Waals surface area contributed by atoms with E-state index in [0.29, 0.717) is 17.3 Å². The molecule has 0 fully saturated rings. The van der Waals surface area contributed by atoms with Gasteiger partial charge in [-0.2, -0.15) is 0 Å². The fraction of sp³-hybridized carbons (Fsp3) is 0.0612. The fourth-order valence-corrected chi connectivity index (χ4v) is 7.84. The number of hydrogen-bond donors (Lipinski definition) is 0. The highest BCUT2D eigenvalue weighted by molar-refractivity contribution is 5.89. The molecule has 1 aliphatic heterocycles. The Kier molecular flexibility index (Phi) is 7.12. The molecular formula is C49H34N2O2. The zero-order chi connectivity index (χ0) is 35.5. The van der Waals surface area contributed by atoms with Gasteiger partial charge >= 0.3 is 0 Å². The summed E-state index contributed by atoms with van der Waals surface area (Å²) in [6, 6.07) is 58.7. The van der Waals surface area contributed by atoms with Gasteiger partial charge in [0.15, 0.2) is 28.8 Å². The smallest absolute Gasteiger partial charge is 0.178 e. The third kappa shape index (κ3) is 5.22. The number of nitrogens with zero attached hydrogens (tertiary/aromatic N) is 2. The molecule has 0 radical (unpaired) electrons. The average Bonchev–Trinajstić information content (AvgIpc) is 3.46. The molecule has 1 aliphatic carbocycles. The molecule has 0 spiro atoms. The van der Waals surface area contributed by atoms with Crippen LogP contribution in [0.2, 0.25) is 0 Å². The molecule has 2 aliphatic rings. The second-order valence-corrected chi connectivity index (χ2v) is 14.2. The van der Waals surface area contributed by atoms with Crippen LogP contribution in [0.4, 0.5) is 0 Å². The van der Waals surface area contributed by atoms with Crippen molar-refractivity contribution in [2.75, 3.05) is 0 Å². The van der Waals surface area contributed by atoms with E-state index in [-0.39, 0.29) is 5.41 Å². The fourth-order valence-electron chi connectivity index (χ4n) is 7.84. The number of aromatic nitrogens is 2. The Morgan fingerprint density at radius 2 is 0.962 bits per heavy atom. The van der Waals surface area contributed by atoms with Gasteiger partial charge in [0.1, 0.15) is 0 Å². The molecule has 4 heteroatoms. The molecular weight excluding hydrogens is 649 g/mol. The molecule has 0 bridgehead atoms. The van der Waals surface area contributed by atoms with Gasteiger partial charge in [0.2, 0.25) is 0 Å². The summed E-state index contributed by atoms with van der Waals surface area (Å²) in [7, 11) is 0. The van der Waals surface area contributed by atoms with Gasteiger partial charge in [-0.05, 0) is 57.6 Å². The largest absolute Gasteiger partial charge is 0.449 e. The van der Waals surface area contributed by atoms with Crippen molar-refractivity contribution in [3.8, 4) is 90.3 Å². The molecule has 1 aromatic heterocycles. The van der Waals surface area contributed by atoms with Crippen LogP contribution >= 0.6 is 0 Å². The second kappa shape index (κ2) is 12.2. The van der Waals surface area contributed by atoms with Crippen molar-refractivity contribution in [3.05, 3.63) is 181 Å². The normalized spacial score (nSPS) is 13.2. The minimum absolute atomic E-state index is 0.125. The highest BCUT2D eigenvalue weighted by Gasteiger charge is 2.39. The van der Waals surface area contributed by atoms with E-state index in [1.807, 2.05) is 36.4 Å². The summed E-state index contributed by atoms with van der Waals surface area (Å²) in [5.41, 5.74) is 13.7. The zero-order valence-corrected chi connectivity index (χ0v) is 29.4. The van der Waals surface area contributed by atoms with Gasteiger partial charge in [0, 0.05) is 33.2 Å². The molecule has 252 valence electrons. The van der Waals surface area contributed by atoms with Crippen molar-refractivity contribution in [2.45, 2.75) is 19.3 Å². The van der Waals surface area contributed by atoms with Crippen molar-refractivity contribution in [3.63, 3.8) is 0 Å². The maximum Gasteiger partial charge on any atom is 0.178 e. The third-order valence-corrected chi connectivity index (χ3v) is 10.6. The number of fused-ring (bicyclic) bond motifs is 6. The van der Waals surface area contributed by atoms with Crippen LogP contribution in [0.5, 0.6) is 23.0 Å². The quantitative estimate of drug-likeness (QED) is 0.181. The first-order chi connectivity index (χ1) is 26.0. The minimum atomic E-state index is -0.125. The van der Waals surface area contributed by atoms with Crippen molar-refractivity contribution >= 4 is 0 Å². The highest BCUT2D eigenvalue weighted by Crippen LogP contribution is 2.59. The van der Waals surface area contributed by atoms with Gasteiger partial charge in [-0.1, -0.05) is 159 Å². The van der Waals surface area contributed by atoms with Gasteiger partial charge in [-0.25, -0.2) is 9.97 Å². The minimum Gasteiger partial charge on any atom is -0.449 e. The third-order valence-electron chi connectivity index (χ3n) is 10.6. The number of benzene rings is 7. The zero-order valence-electron chi connectivity index (χ0n) is 29.4. The lowest BCUT2D eigenvalue weighted by Gasteiger charge is -2.26. The Morgan fingerprint density at radius 3 is 1.75 bits per heavy atom. The predicted octanol–water partition coefficient (Wildman–Crippen LogP) is 13.0. The molecule has 0 saturated carbocycles. The van der Waals surface area contributed by atoms with Crippen molar-refractivity contribution < 1.29 is 9.47 Å². The lowest BCUT2D eigenvalue weighted by Crippen LogP contribution is -2.15. The van der Waals surface area contributed by atoms with E-state index in [4.69, 9.17) is 19.4 Å². The Hall–Kier alpha value is -6.78. The Balaban J connectivity index is 1.04. The first-order valence-electron chi connectivity index (χ1n) is 18.0. The predicted molar refractivity (Wildman–Crippen MR) is 213 cm³/mol. The Bertz CT molecular complexity index is 2680. The number of hydrogen-bond acceptors (Lipinski definition) is 4. The van der Waals surface area contributed by atoms with E-state index in [2.05, 4.69) is 147 Å². The van der Waals surface area contributed by atoms with E-state index >= 15 is 0 Å². The summed E-state index contributed by atoms with van der Waals surface area (Å²) in [6.45, 7) is 4.55. The summed E-state index contributed by atoms with van der Waals surface area (Å²) in [4.78, 5) is 10.2. The summed E-state index contributed by atoms with van der Waals surface area (Å²) in [5.74, 6) is 3.57. The molecule has 0 amide bonds. The number of ether oxygens (including phenoxy) is 2.